The van der Waals surface area contributed by atoms with Crippen LogP contribution in [0.25, 0.3) is 28.2 Å². The van der Waals surface area contributed by atoms with Gasteiger partial charge in [0.1, 0.15) is 18.3 Å². The van der Waals surface area contributed by atoms with Gasteiger partial charge in [0.05, 0.1) is 24.5 Å². The van der Waals surface area contributed by atoms with Gasteiger partial charge in [0.25, 0.3) is 0 Å². The fourth-order valence-electron chi connectivity index (χ4n) is 3.36. The van der Waals surface area contributed by atoms with E-state index >= 15 is 0 Å². The maximum Gasteiger partial charge on any atom is 0.227 e. The summed E-state index contributed by atoms with van der Waals surface area (Å²) in [4.78, 5) is 17.3. The minimum atomic E-state index is 0.489. The van der Waals surface area contributed by atoms with E-state index in [9.17, 15) is 0 Å². The molecule has 10 nitrogen and oxygen atoms in total. The highest BCUT2D eigenvalue weighted by Gasteiger charge is 2.15. The summed E-state index contributed by atoms with van der Waals surface area (Å²) < 4.78 is 8.76. The third-order valence-electron chi connectivity index (χ3n) is 4.96. The van der Waals surface area contributed by atoms with Gasteiger partial charge in [-0.25, -0.2) is 19.6 Å². The van der Waals surface area contributed by atoms with Crippen LogP contribution in [0.5, 0.6) is 0 Å². The topological polar surface area (TPSA) is 108 Å². The van der Waals surface area contributed by atoms with Crippen LogP contribution in [0, 0.1) is 0 Å². The normalized spacial score (nSPS) is 10.9. The standard InChI is InChI=1S/C23H21N9O/c1-33-12-11-31-14-20(22(30-31)17-3-2-9-24-13-17)21-8-10-26-23(29-21)28-18-4-6-19(7-5-18)32-16-25-15-27-32/h2-10,13-16H,11-12H2,1H3,(H,26,28,29). The van der Waals surface area contributed by atoms with Gasteiger partial charge in [-0.15, -0.1) is 0 Å². The second-order valence-electron chi connectivity index (χ2n) is 7.17. The molecule has 0 aliphatic carbocycles. The van der Waals surface area contributed by atoms with Crippen LogP contribution >= 0.6 is 0 Å². The maximum atomic E-state index is 5.21. The van der Waals surface area contributed by atoms with Gasteiger partial charge < -0.3 is 10.1 Å². The predicted octanol–water partition coefficient (Wildman–Crippen LogP) is 3.37. The molecule has 10 heteroatoms. The summed E-state index contributed by atoms with van der Waals surface area (Å²) in [7, 11) is 1.67. The highest BCUT2D eigenvalue weighted by atomic mass is 16.5. The molecule has 0 radical (unpaired) electrons. The Balaban J connectivity index is 1.43. The Kier molecular flexibility index (Phi) is 5.81. The van der Waals surface area contributed by atoms with Gasteiger partial charge in [-0.3, -0.25) is 9.67 Å². The number of methoxy groups -OCH3 is 1. The molecule has 5 rings (SSSR count). The van der Waals surface area contributed by atoms with E-state index in [-0.39, 0.29) is 0 Å². The van der Waals surface area contributed by atoms with Crippen molar-refractivity contribution in [2.45, 2.75) is 6.54 Å². The lowest BCUT2D eigenvalue weighted by molar-refractivity contribution is 0.183. The van der Waals surface area contributed by atoms with E-state index < -0.39 is 0 Å². The molecule has 33 heavy (non-hydrogen) atoms. The largest absolute Gasteiger partial charge is 0.383 e. The zero-order chi connectivity index (χ0) is 22.5. The number of pyridine rings is 1. The van der Waals surface area contributed by atoms with Crippen LogP contribution in [-0.4, -0.2) is 53.2 Å². The first-order chi connectivity index (χ1) is 16.3. The van der Waals surface area contributed by atoms with Crippen LogP contribution in [-0.2, 0) is 11.3 Å². The number of hydrogen-bond donors (Lipinski definition) is 1. The van der Waals surface area contributed by atoms with Crippen LogP contribution in [0.4, 0.5) is 11.6 Å². The van der Waals surface area contributed by atoms with Crippen LogP contribution in [0.3, 0.4) is 0 Å². The number of ether oxygens (including phenoxy) is 1. The zero-order valence-electron chi connectivity index (χ0n) is 17.9. The molecule has 164 valence electrons. The summed E-state index contributed by atoms with van der Waals surface area (Å²) in [6.45, 7) is 1.20. The Morgan fingerprint density at radius 1 is 1.03 bits per heavy atom. The molecule has 0 atom stereocenters. The van der Waals surface area contributed by atoms with E-state index in [1.54, 1.807) is 36.7 Å². The summed E-state index contributed by atoms with van der Waals surface area (Å²) in [5.74, 6) is 0.489. The van der Waals surface area contributed by atoms with Crippen molar-refractivity contribution >= 4 is 11.6 Å². The Morgan fingerprint density at radius 2 is 1.94 bits per heavy atom. The lowest BCUT2D eigenvalue weighted by Crippen LogP contribution is -2.04. The Morgan fingerprint density at radius 3 is 2.70 bits per heavy atom. The minimum Gasteiger partial charge on any atom is -0.383 e. The molecule has 0 unspecified atom stereocenters. The Bertz CT molecular complexity index is 1320. The average molecular weight is 439 g/mol. The van der Waals surface area contributed by atoms with E-state index in [1.165, 1.54) is 6.33 Å². The quantitative estimate of drug-likeness (QED) is 0.392. The van der Waals surface area contributed by atoms with E-state index in [1.807, 2.05) is 53.3 Å². The van der Waals surface area contributed by atoms with Crippen LogP contribution in [0.15, 0.2) is 79.9 Å². The van der Waals surface area contributed by atoms with Gasteiger partial charge in [0, 0.05) is 48.7 Å². The molecule has 0 aliphatic rings. The second kappa shape index (κ2) is 9.37. The molecule has 1 aromatic carbocycles. The molecule has 0 fully saturated rings. The average Bonchev–Trinajstić information content (AvgIpc) is 3.55. The number of benzene rings is 1. The number of anilines is 2. The monoisotopic (exact) mass is 439 g/mol. The molecule has 5 aromatic rings. The molecule has 4 heterocycles. The van der Waals surface area contributed by atoms with Gasteiger partial charge in [-0.05, 0) is 42.5 Å². The van der Waals surface area contributed by atoms with E-state index in [0.717, 1.165) is 33.9 Å². The SMILES string of the molecule is COCCn1cc(-c2ccnc(Nc3ccc(-n4cncn4)cc3)n2)c(-c2cccnc2)n1. The maximum absolute atomic E-state index is 5.21. The molecular weight excluding hydrogens is 418 g/mol. The van der Waals surface area contributed by atoms with Crippen molar-refractivity contribution in [2.24, 2.45) is 0 Å². The molecule has 0 saturated carbocycles. The van der Waals surface area contributed by atoms with Crippen molar-refractivity contribution in [3.05, 3.63) is 79.9 Å². The van der Waals surface area contributed by atoms with Crippen molar-refractivity contribution in [1.29, 1.82) is 0 Å². The Hall–Kier alpha value is -4.44. The van der Waals surface area contributed by atoms with Gasteiger partial charge in [-0.1, -0.05) is 0 Å². The van der Waals surface area contributed by atoms with Gasteiger partial charge >= 0.3 is 0 Å². The summed E-state index contributed by atoms with van der Waals surface area (Å²) in [6.07, 6.45) is 10.4. The fourth-order valence-corrected chi connectivity index (χ4v) is 3.36. The molecule has 0 spiro atoms. The summed E-state index contributed by atoms with van der Waals surface area (Å²) >= 11 is 0. The zero-order valence-corrected chi connectivity index (χ0v) is 17.9. The fraction of sp³-hybridized carbons (Fsp3) is 0.130. The van der Waals surface area contributed by atoms with E-state index in [0.29, 0.717) is 19.1 Å². The lowest BCUT2D eigenvalue weighted by Gasteiger charge is -2.08. The number of aromatic nitrogens is 8. The summed E-state index contributed by atoms with van der Waals surface area (Å²) in [6, 6.07) is 13.5. The first-order valence-corrected chi connectivity index (χ1v) is 10.3. The van der Waals surface area contributed by atoms with Gasteiger partial charge in [-0.2, -0.15) is 10.2 Å². The van der Waals surface area contributed by atoms with Gasteiger partial charge in [0.2, 0.25) is 5.95 Å². The van der Waals surface area contributed by atoms with Crippen molar-refractivity contribution in [2.75, 3.05) is 19.0 Å². The number of nitrogens with zero attached hydrogens (tertiary/aromatic N) is 8. The molecule has 0 amide bonds. The van der Waals surface area contributed by atoms with Crippen molar-refractivity contribution in [3.8, 4) is 28.2 Å². The number of rotatable bonds is 8. The summed E-state index contributed by atoms with van der Waals surface area (Å²) in [5, 5.41) is 12.1. The van der Waals surface area contributed by atoms with Crippen LogP contribution < -0.4 is 5.32 Å². The Labute approximate surface area is 190 Å². The molecule has 4 aromatic heterocycles. The summed E-state index contributed by atoms with van der Waals surface area (Å²) in [5.41, 5.74) is 5.15. The third kappa shape index (κ3) is 4.60. The van der Waals surface area contributed by atoms with Crippen molar-refractivity contribution in [1.82, 2.24) is 39.5 Å². The van der Waals surface area contributed by atoms with Gasteiger partial charge in [0.15, 0.2) is 0 Å². The number of nitrogens with one attached hydrogen (secondary N) is 1. The lowest BCUT2D eigenvalue weighted by atomic mass is 10.1. The van der Waals surface area contributed by atoms with Crippen molar-refractivity contribution < 1.29 is 4.74 Å². The highest BCUT2D eigenvalue weighted by Crippen LogP contribution is 2.30. The number of hydrogen-bond acceptors (Lipinski definition) is 8. The molecule has 0 bridgehead atoms. The first kappa shape index (κ1) is 20.5. The van der Waals surface area contributed by atoms with Crippen LogP contribution in [0.2, 0.25) is 0 Å². The van der Waals surface area contributed by atoms with E-state index in [4.69, 9.17) is 14.8 Å². The molecule has 0 aliphatic heterocycles. The predicted molar refractivity (Wildman–Crippen MR) is 123 cm³/mol. The first-order valence-electron chi connectivity index (χ1n) is 10.3. The molecule has 1 N–H and O–H groups in total. The minimum absolute atomic E-state index is 0.489. The highest BCUT2D eigenvalue weighted by molar-refractivity contribution is 5.78. The van der Waals surface area contributed by atoms with E-state index in [2.05, 4.69) is 25.4 Å². The second-order valence-corrected chi connectivity index (χ2v) is 7.17. The molecular formula is C23H21N9O. The van der Waals surface area contributed by atoms with Crippen molar-refractivity contribution in [3.63, 3.8) is 0 Å². The third-order valence-corrected chi connectivity index (χ3v) is 4.96. The molecule has 0 saturated heterocycles. The van der Waals surface area contributed by atoms with Crippen LogP contribution in [0.1, 0.15) is 0 Å². The smallest absolute Gasteiger partial charge is 0.227 e.